The number of ether oxygens (including phenoxy) is 1. The molecule has 0 saturated heterocycles. The monoisotopic (exact) mass is 287 g/mol. The molecule has 0 saturated carbocycles. The van der Waals surface area contributed by atoms with Gasteiger partial charge in [0, 0.05) is 12.7 Å². The quantitative estimate of drug-likeness (QED) is 0.889. The maximum absolute atomic E-state index is 12.4. The molecule has 0 bridgehead atoms. The van der Waals surface area contributed by atoms with Crippen LogP contribution in [-0.4, -0.2) is 22.3 Å². The first-order valence-electron chi connectivity index (χ1n) is 7.21. The van der Waals surface area contributed by atoms with Crippen LogP contribution in [0.5, 0.6) is 5.75 Å². The summed E-state index contributed by atoms with van der Waals surface area (Å²) in [6.07, 6.45) is 1.75. The third-order valence-corrected chi connectivity index (χ3v) is 3.27. The number of nitrogens with zero attached hydrogens (tertiary/aromatic N) is 2. The number of hydrogen-bond acceptors (Lipinski definition) is 3. The maximum Gasteiger partial charge on any atom is 0.255 e. The van der Waals surface area contributed by atoms with Gasteiger partial charge in [-0.15, -0.1) is 0 Å². The predicted octanol–water partition coefficient (Wildman–Crippen LogP) is 2.79. The van der Waals surface area contributed by atoms with E-state index in [0.29, 0.717) is 17.9 Å². The fraction of sp³-hybridized carbons (Fsp3) is 0.375. The number of nitrogens with one attached hydrogen (secondary N) is 1. The van der Waals surface area contributed by atoms with Crippen molar-refractivity contribution in [2.24, 2.45) is 0 Å². The standard InChI is InChI=1S/C16H21N3O2/c1-4-19-14(10-11-17-19)12(3)18-16(20)13-8-6-7-9-15(13)21-5-2/h6-12H,4-5H2,1-3H3,(H,18,20). The Balaban J connectivity index is 2.14. The molecule has 1 amide bonds. The van der Waals surface area contributed by atoms with E-state index in [-0.39, 0.29) is 11.9 Å². The van der Waals surface area contributed by atoms with Crippen LogP contribution in [0.25, 0.3) is 0 Å². The van der Waals surface area contributed by atoms with Crippen molar-refractivity contribution in [3.05, 3.63) is 47.8 Å². The van der Waals surface area contributed by atoms with Gasteiger partial charge in [0.2, 0.25) is 0 Å². The molecule has 1 aromatic heterocycles. The van der Waals surface area contributed by atoms with Crippen molar-refractivity contribution in [2.45, 2.75) is 33.4 Å². The Morgan fingerprint density at radius 2 is 2.10 bits per heavy atom. The van der Waals surface area contributed by atoms with Gasteiger partial charge >= 0.3 is 0 Å². The Labute approximate surface area is 124 Å². The second-order valence-electron chi connectivity index (χ2n) is 4.70. The second-order valence-corrected chi connectivity index (χ2v) is 4.70. The summed E-state index contributed by atoms with van der Waals surface area (Å²) < 4.78 is 7.37. The van der Waals surface area contributed by atoms with Crippen molar-refractivity contribution >= 4 is 5.91 Å². The molecule has 1 atom stereocenters. The largest absolute Gasteiger partial charge is 0.493 e. The molecule has 0 fully saturated rings. The molecule has 0 aliphatic heterocycles. The zero-order valence-corrected chi connectivity index (χ0v) is 12.7. The van der Waals surface area contributed by atoms with Gasteiger partial charge in [-0.25, -0.2) is 0 Å². The van der Waals surface area contributed by atoms with Crippen molar-refractivity contribution in [1.82, 2.24) is 15.1 Å². The summed E-state index contributed by atoms with van der Waals surface area (Å²) >= 11 is 0. The minimum Gasteiger partial charge on any atom is -0.493 e. The van der Waals surface area contributed by atoms with Crippen molar-refractivity contribution in [3.63, 3.8) is 0 Å². The Morgan fingerprint density at radius 1 is 1.33 bits per heavy atom. The van der Waals surface area contributed by atoms with Crippen LogP contribution in [0.3, 0.4) is 0 Å². The fourth-order valence-corrected chi connectivity index (χ4v) is 2.26. The normalized spacial score (nSPS) is 12.0. The van der Waals surface area contributed by atoms with Gasteiger partial charge in [-0.3, -0.25) is 9.48 Å². The lowest BCUT2D eigenvalue weighted by Gasteiger charge is -2.16. The van der Waals surface area contributed by atoms with E-state index >= 15 is 0 Å². The number of aromatic nitrogens is 2. The molecule has 1 aromatic carbocycles. The third-order valence-electron chi connectivity index (χ3n) is 3.27. The lowest BCUT2D eigenvalue weighted by molar-refractivity contribution is 0.0934. The highest BCUT2D eigenvalue weighted by atomic mass is 16.5. The first-order chi connectivity index (χ1) is 10.2. The first-order valence-corrected chi connectivity index (χ1v) is 7.21. The molecule has 0 spiro atoms. The summed E-state index contributed by atoms with van der Waals surface area (Å²) in [4.78, 5) is 12.4. The summed E-state index contributed by atoms with van der Waals surface area (Å²) in [6.45, 7) is 7.18. The summed E-state index contributed by atoms with van der Waals surface area (Å²) in [5.74, 6) is 0.462. The van der Waals surface area contributed by atoms with E-state index in [1.54, 1.807) is 18.3 Å². The third kappa shape index (κ3) is 3.42. The summed E-state index contributed by atoms with van der Waals surface area (Å²) in [7, 11) is 0. The van der Waals surface area contributed by atoms with Gasteiger partial charge in [-0.1, -0.05) is 12.1 Å². The molecule has 2 rings (SSSR count). The molecular formula is C16H21N3O2. The van der Waals surface area contributed by atoms with Crippen molar-refractivity contribution in [2.75, 3.05) is 6.61 Å². The number of aryl methyl sites for hydroxylation is 1. The average Bonchev–Trinajstić information content (AvgIpc) is 2.96. The van der Waals surface area contributed by atoms with Crippen molar-refractivity contribution < 1.29 is 9.53 Å². The fourth-order valence-electron chi connectivity index (χ4n) is 2.26. The van der Waals surface area contributed by atoms with Crippen LogP contribution >= 0.6 is 0 Å². The molecule has 0 radical (unpaired) electrons. The van der Waals surface area contributed by atoms with Crippen LogP contribution in [0.2, 0.25) is 0 Å². The summed E-state index contributed by atoms with van der Waals surface area (Å²) in [6, 6.07) is 9.07. The summed E-state index contributed by atoms with van der Waals surface area (Å²) in [5, 5.41) is 7.22. The van der Waals surface area contributed by atoms with Gasteiger partial charge in [0.05, 0.1) is 23.9 Å². The highest BCUT2D eigenvalue weighted by molar-refractivity contribution is 5.97. The second kappa shape index (κ2) is 6.92. The number of para-hydroxylation sites is 1. The lowest BCUT2D eigenvalue weighted by atomic mass is 10.1. The average molecular weight is 287 g/mol. The van der Waals surface area contributed by atoms with Crippen LogP contribution in [0, 0.1) is 0 Å². The minimum absolute atomic E-state index is 0.116. The van der Waals surface area contributed by atoms with Gasteiger partial charge in [0.15, 0.2) is 0 Å². The topological polar surface area (TPSA) is 56.1 Å². The highest BCUT2D eigenvalue weighted by Gasteiger charge is 2.17. The van der Waals surface area contributed by atoms with Gasteiger partial charge in [-0.05, 0) is 39.0 Å². The SMILES string of the molecule is CCOc1ccccc1C(=O)NC(C)c1ccnn1CC. The Morgan fingerprint density at radius 3 is 2.81 bits per heavy atom. The maximum atomic E-state index is 12.4. The number of carbonyl (C=O) groups excluding carboxylic acids is 1. The molecule has 112 valence electrons. The van der Waals surface area contributed by atoms with E-state index in [2.05, 4.69) is 10.4 Å². The summed E-state index contributed by atoms with van der Waals surface area (Å²) in [5.41, 5.74) is 1.54. The van der Waals surface area contributed by atoms with Crippen LogP contribution in [-0.2, 0) is 6.54 Å². The molecule has 21 heavy (non-hydrogen) atoms. The minimum atomic E-state index is -0.143. The van der Waals surface area contributed by atoms with Crippen LogP contribution in [0.4, 0.5) is 0 Å². The van der Waals surface area contributed by atoms with E-state index in [4.69, 9.17) is 4.74 Å². The van der Waals surface area contributed by atoms with Crippen LogP contribution in [0.15, 0.2) is 36.5 Å². The number of carbonyl (C=O) groups is 1. The molecule has 0 aliphatic rings. The lowest BCUT2D eigenvalue weighted by Crippen LogP contribution is -2.28. The van der Waals surface area contributed by atoms with Crippen LogP contribution in [0.1, 0.15) is 42.9 Å². The number of benzene rings is 1. The van der Waals surface area contributed by atoms with E-state index in [9.17, 15) is 4.79 Å². The highest BCUT2D eigenvalue weighted by Crippen LogP contribution is 2.19. The van der Waals surface area contributed by atoms with Crippen LogP contribution < -0.4 is 10.1 Å². The molecular weight excluding hydrogens is 266 g/mol. The van der Waals surface area contributed by atoms with Gasteiger partial charge in [0.1, 0.15) is 5.75 Å². The zero-order chi connectivity index (χ0) is 15.2. The molecule has 2 aromatic rings. The van der Waals surface area contributed by atoms with E-state index in [1.807, 2.05) is 43.7 Å². The first kappa shape index (κ1) is 15.1. The van der Waals surface area contributed by atoms with Gasteiger partial charge in [0.25, 0.3) is 5.91 Å². The van der Waals surface area contributed by atoms with E-state index in [0.717, 1.165) is 12.2 Å². The van der Waals surface area contributed by atoms with Crippen molar-refractivity contribution in [3.8, 4) is 5.75 Å². The van der Waals surface area contributed by atoms with Crippen molar-refractivity contribution in [1.29, 1.82) is 0 Å². The zero-order valence-electron chi connectivity index (χ0n) is 12.7. The number of rotatable bonds is 6. The van der Waals surface area contributed by atoms with E-state index in [1.165, 1.54) is 0 Å². The number of hydrogen-bond donors (Lipinski definition) is 1. The Kier molecular flexibility index (Phi) is 4.98. The molecule has 0 aliphatic carbocycles. The van der Waals surface area contributed by atoms with Gasteiger partial charge in [-0.2, -0.15) is 5.10 Å². The predicted molar refractivity (Wildman–Crippen MR) is 81.4 cm³/mol. The molecule has 1 N–H and O–H groups in total. The van der Waals surface area contributed by atoms with Gasteiger partial charge < -0.3 is 10.1 Å². The Bertz CT molecular complexity index is 607. The molecule has 1 unspecified atom stereocenters. The van der Waals surface area contributed by atoms with E-state index < -0.39 is 0 Å². The molecule has 5 heteroatoms. The molecule has 1 heterocycles. The Hall–Kier alpha value is -2.30. The smallest absolute Gasteiger partial charge is 0.255 e. The molecule has 5 nitrogen and oxygen atoms in total. The number of amides is 1.